The minimum absolute atomic E-state index is 0.0115. The van der Waals surface area contributed by atoms with Crippen LogP contribution in [-0.2, 0) is 0 Å². The predicted molar refractivity (Wildman–Crippen MR) is 144 cm³/mol. The number of carbonyl (C=O) groups is 1. The zero-order valence-corrected chi connectivity index (χ0v) is 25.2. The second-order valence-electron chi connectivity index (χ2n) is 10.6. The third-order valence-corrected chi connectivity index (χ3v) is 23.9. The van der Waals surface area contributed by atoms with Gasteiger partial charge in [0, 0.05) is 0 Å². The van der Waals surface area contributed by atoms with Crippen LogP contribution >= 0.6 is 0 Å². The van der Waals surface area contributed by atoms with Crippen molar-refractivity contribution in [1.82, 2.24) is 10.2 Å². The van der Waals surface area contributed by atoms with E-state index in [1.807, 2.05) is 0 Å². The Morgan fingerprint density at radius 1 is 0.971 bits per heavy atom. The monoisotopic (exact) mass is 580 g/mol. The number of nitrogens with zero attached hydrogens (tertiary/aromatic N) is 1. The first-order valence-electron chi connectivity index (χ1n) is 13.8. The van der Waals surface area contributed by atoms with Gasteiger partial charge < -0.3 is 0 Å². The van der Waals surface area contributed by atoms with Crippen LogP contribution in [0.25, 0.3) is 0 Å². The van der Waals surface area contributed by atoms with Gasteiger partial charge in [-0.2, -0.15) is 0 Å². The van der Waals surface area contributed by atoms with E-state index < -0.39 is 18.4 Å². The molecule has 5 nitrogen and oxygen atoms in total. The number of hydrogen-bond acceptors (Lipinski definition) is 4. The Morgan fingerprint density at radius 3 is 2.00 bits per heavy atom. The third-order valence-electron chi connectivity index (χ3n) is 8.34. The molecule has 3 saturated heterocycles. The molecule has 0 unspecified atom stereocenters. The summed E-state index contributed by atoms with van der Waals surface area (Å²) in [5.41, 5.74) is 0.680. The first kappa shape index (κ1) is 27.6. The summed E-state index contributed by atoms with van der Waals surface area (Å²) in [5.74, 6) is 1.93. The van der Waals surface area contributed by atoms with Gasteiger partial charge in [-0.25, -0.2) is 0 Å². The standard InChI is InChI=1S/C16H21N2O3.3C4H9.Sn/c1-20-14-5-3-4-12(15(14)21-2)16(19)17-13-10-18-8-6-11(13)7-9-18;3*1-3-4-2;/h4-5,11,13H,6-10H2,1-2H3,(H,17,19);3*1,3-4H2,2H3;/t13-;;;;/m1..../s1. The fraction of sp³-hybridized carbons (Fsp3) is 0.750. The van der Waals surface area contributed by atoms with Crippen LogP contribution in [0.4, 0.5) is 0 Å². The second kappa shape index (κ2) is 13.4. The molecule has 1 amide bonds. The van der Waals surface area contributed by atoms with Crippen molar-refractivity contribution in [3.63, 3.8) is 0 Å². The van der Waals surface area contributed by atoms with Crippen molar-refractivity contribution in [2.75, 3.05) is 33.9 Å². The van der Waals surface area contributed by atoms with E-state index in [9.17, 15) is 4.79 Å². The van der Waals surface area contributed by atoms with Gasteiger partial charge in [0.2, 0.25) is 0 Å². The molecule has 0 spiro atoms. The molecule has 0 saturated carbocycles. The molecular weight excluding hydrogens is 531 g/mol. The van der Waals surface area contributed by atoms with Crippen LogP contribution in [-0.4, -0.2) is 69.1 Å². The van der Waals surface area contributed by atoms with Gasteiger partial charge in [0.05, 0.1) is 0 Å². The molecular formula is C28H48N2O3Sn. The van der Waals surface area contributed by atoms with Crippen molar-refractivity contribution in [3.05, 3.63) is 17.7 Å². The molecule has 0 aromatic heterocycles. The molecule has 3 aliphatic heterocycles. The van der Waals surface area contributed by atoms with Crippen LogP contribution in [0.1, 0.15) is 82.5 Å². The van der Waals surface area contributed by atoms with E-state index in [1.54, 1.807) is 14.2 Å². The molecule has 3 fully saturated rings. The zero-order chi connectivity index (χ0) is 24.6. The van der Waals surface area contributed by atoms with Gasteiger partial charge in [0.1, 0.15) is 0 Å². The molecule has 1 aromatic rings. The van der Waals surface area contributed by atoms with Crippen molar-refractivity contribution < 1.29 is 14.3 Å². The van der Waals surface area contributed by atoms with Crippen LogP contribution in [0.15, 0.2) is 12.1 Å². The summed E-state index contributed by atoms with van der Waals surface area (Å²) < 4.78 is 17.2. The summed E-state index contributed by atoms with van der Waals surface area (Å²) in [7, 11) is 3.36. The summed E-state index contributed by atoms with van der Waals surface area (Å²) in [6.07, 6.45) is 9.95. The Labute approximate surface area is 212 Å². The van der Waals surface area contributed by atoms with E-state index in [1.165, 1.54) is 81.3 Å². The van der Waals surface area contributed by atoms with Gasteiger partial charge in [0.15, 0.2) is 0 Å². The Bertz CT molecular complexity index is 770. The summed E-state index contributed by atoms with van der Waals surface area (Å²) in [5, 5.41) is 3.41. The number of hydrogen-bond donors (Lipinski definition) is 1. The van der Waals surface area contributed by atoms with Crippen molar-refractivity contribution in [3.8, 4) is 11.5 Å². The number of amides is 1. The Kier molecular flexibility index (Phi) is 10.9. The van der Waals surface area contributed by atoms with Crippen molar-refractivity contribution in [1.29, 1.82) is 0 Å². The summed E-state index contributed by atoms with van der Waals surface area (Å²) in [6, 6.07) is 4.72. The topological polar surface area (TPSA) is 50.8 Å². The average Bonchev–Trinajstić information content (AvgIpc) is 2.88. The van der Waals surface area contributed by atoms with E-state index in [-0.39, 0.29) is 11.9 Å². The fourth-order valence-electron chi connectivity index (χ4n) is 6.17. The zero-order valence-electron chi connectivity index (χ0n) is 22.4. The van der Waals surface area contributed by atoms with Crippen LogP contribution in [0.5, 0.6) is 11.5 Å². The second-order valence-corrected chi connectivity index (χ2v) is 23.8. The molecule has 6 heteroatoms. The Balaban J connectivity index is 2.00. The number of fused-ring (bicyclic) bond motifs is 3. The SMILES string of the molecule is CCC[CH2][Sn]([CH2]CCC)([CH2]CCC)[c]1cc(OC)c(OC)c(C(=O)N[C@@H]2CN3CCC2CC3)c1. The normalized spacial score (nSPS) is 22.0. The number of carbonyl (C=O) groups excluding carboxylic acids is 1. The molecule has 3 aliphatic rings. The van der Waals surface area contributed by atoms with Crippen LogP contribution in [0.2, 0.25) is 13.3 Å². The van der Waals surface area contributed by atoms with E-state index in [4.69, 9.17) is 9.47 Å². The van der Waals surface area contributed by atoms with Gasteiger partial charge in [-0.1, -0.05) is 0 Å². The average molecular weight is 579 g/mol. The summed E-state index contributed by atoms with van der Waals surface area (Å²) in [6.45, 7) is 10.2. The van der Waals surface area contributed by atoms with Crippen LogP contribution < -0.4 is 18.4 Å². The maximum absolute atomic E-state index is 13.7. The molecule has 0 aliphatic carbocycles. The molecule has 1 N–H and O–H groups in total. The van der Waals surface area contributed by atoms with E-state index >= 15 is 0 Å². The quantitative estimate of drug-likeness (QED) is 0.293. The third kappa shape index (κ3) is 6.43. The summed E-state index contributed by atoms with van der Waals surface area (Å²) in [4.78, 5) is 16.2. The van der Waals surface area contributed by atoms with Gasteiger partial charge in [-0.15, -0.1) is 0 Å². The first-order chi connectivity index (χ1) is 16.5. The van der Waals surface area contributed by atoms with E-state index in [0.29, 0.717) is 17.2 Å². The number of rotatable bonds is 14. The maximum atomic E-state index is 13.7. The molecule has 1 atom stereocenters. The first-order valence-corrected chi connectivity index (χ1v) is 21.3. The van der Waals surface area contributed by atoms with E-state index in [2.05, 4.69) is 43.1 Å². The van der Waals surface area contributed by atoms with Crippen LogP contribution in [0.3, 0.4) is 0 Å². The van der Waals surface area contributed by atoms with Gasteiger partial charge in [-0.3, -0.25) is 0 Å². The summed E-state index contributed by atoms with van der Waals surface area (Å²) >= 11 is -2.74. The molecule has 3 heterocycles. The molecule has 2 bridgehead atoms. The molecule has 4 rings (SSSR count). The minimum atomic E-state index is -2.74. The molecule has 1 aromatic carbocycles. The van der Waals surface area contributed by atoms with Crippen LogP contribution in [0, 0.1) is 5.92 Å². The van der Waals surface area contributed by atoms with Crippen molar-refractivity contribution >= 4 is 27.9 Å². The number of unbranched alkanes of at least 4 members (excludes halogenated alkanes) is 3. The van der Waals surface area contributed by atoms with Crippen molar-refractivity contribution in [2.24, 2.45) is 5.92 Å². The number of ether oxygens (including phenoxy) is 2. The predicted octanol–water partition coefficient (Wildman–Crippen LogP) is 5.58. The van der Waals surface area contributed by atoms with E-state index in [0.717, 1.165) is 12.3 Å². The molecule has 192 valence electrons. The molecule has 34 heavy (non-hydrogen) atoms. The van der Waals surface area contributed by atoms with Gasteiger partial charge in [0.25, 0.3) is 0 Å². The number of nitrogens with one attached hydrogen (secondary N) is 1. The van der Waals surface area contributed by atoms with Gasteiger partial charge >= 0.3 is 213 Å². The number of piperidine rings is 3. The Morgan fingerprint density at radius 2 is 1.56 bits per heavy atom. The number of methoxy groups -OCH3 is 2. The Hall–Kier alpha value is -0.951. The van der Waals surface area contributed by atoms with Gasteiger partial charge in [-0.05, 0) is 0 Å². The molecule has 0 radical (unpaired) electrons. The van der Waals surface area contributed by atoms with Crippen molar-refractivity contribution in [2.45, 2.75) is 91.5 Å². The number of benzene rings is 1. The fourth-order valence-corrected chi connectivity index (χ4v) is 22.1.